The molecule has 0 nitrogen and oxygen atoms in total. The van der Waals surface area contributed by atoms with Crippen LogP contribution in [0.4, 0.5) is 30.7 Å². The average molecular weight is 306 g/mol. The van der Waals surface area contributed by atoms with Gasteiger partial charge in [0.2, 0.25) is 7.28 Å². The van der Waals surface area contributed by atoms with Crippen molar-refractivity contribution in [2.45, 2.75) is 6.92 Å². The second-order valence-electron chi connectivity index (χ2n) is 4.38. The minimum Gasteiger partial charge on any atom is -0.207 e. The van der Waals surface area contributed by atoms with E-state index in [2.05, 4.69) is 0 Å². The van der Waals surface area contributed by atoms with E-state index in [1.165, 1.54) is 0 Å². The highest BCUT2D eigenvalue weighted by atomic mass is 19.2. The molecule has 0 fully saturated rings. The minimum atomic E-state index is -1.94. The Hall–Kier alpha value is -1.99. The first kappa shape index (κ1) is 15.4. The number of halogens is 7. The summed E-state index contributed by atoms with van der Waals surface area (Å²) < 4.78 is 93.3. The van der Waals surface area contributed by atoms with E-state index < -0.39 is 64.5 Å². The van der Waals surface area contributed by atoms with Gasteiger partial charge in [0.15, 0.2) is 17.5 Å². The molecular weight excluding hydrogens is 300 g/mol. The molecule has 0 bridgehead atoms. The van der Waals surface area contributed by atoms with Gasteiger partial charge >= 0.3 is 0 Å². The van der Waals surface area contributed by atoms with Gasteiger partial charge in [0, 0.05) is 17.7 Å². The zero-order chi connectivity index (χ0) is 15.9. The Bertz CT molecular complexity index is 675. The molecule has 0 heterocycles. The topological polar surface area (TPSA) is 0 Å². The molecular formula is C13H6BF7. The molecule has 0 spiro atoms. The lowest BCUT2D eigenvalue weighted by Crippen LogP contribution is -2.38. The van der Waals surface area contributed by atoms with Crippen LogP contribution in [0.5, 0.6) is 0 Å². The Morgan fingerprint density at radius 1 is 0.667 bits per heavy atom. The van der Waals surface area contributed by atoms with Gasteiger partial charge in [0.1, 0.15) is 23.3 Å². The van der Waals surface area contributed by atoms with Crippen LogP contribution in [0.15, 0.2) is 12.1 Å². The van der Waals surface area contributed by atoms with Gasteiger partial charge in [-0.1, -0.05) is 0 Å². The summed E-state index contributed by atoms with van der Waals surface area (Å²) in [5, 5.41) is 0. The van der Waals surface area contributed by atoms with Crippen LogP contribution in [0.25, 0.3) is 0 Å². The third-order valence-corrected chi connectivity index (χ3v) is 3.03. The van der Waals surface area contributed by atoms with E-state index in [0.29, 0.717) is 12.1 Å². The molecule has 2 rings (SSSR count). The summed E-state index contributed by atoms with van der Waals surface area (Å²) >= 11 is 0. The predicted molar refractivity (Wildman–Crippen MR) is 63.7 cm³/mol. The first-order valence-corrected chi connectivity index (χ1v) is 5.68. The van der Waals surface area contributed by atoms with E-state index >= 15 is 0 Å². The summed E-state index contributed by atoms with van der Waals surface area (Å²) in [7, 11) is -1.02. The fraction of sp³-hybridized carbons (Fsp3) is 0.0769. The largest absolute Gasteiger partial charge is 0.207 e. The van der Waals surface area contributed by atoms with E-state index in [4.69, 9.17) is 0 Å². The fourth-order valence-corrected chi connectivity index (χ4v) is 1.89. The highest BCUT2D eigenvalue weighted by Gasteiger charge is 2.25. The van der Waals surface area contributed by atoms with Crippen molar-refractivity contribution < 1.29 is 30.7 Å². The summed E-state index contributed by atoms with van der Waals surface area (Å²) in [6, 6.07) is 0.641. The summed E-state index contributed by atoms with van der Waals surface area (Å²) in [6.07, 6.45) is 0. The molecule has 0 aliphatic heterocycles. The molecule has 21 heavy (non-hydrogen) atoms. The third-order valence-electron chi connectivity index (χ3n) is 3.03. The van der Waals surface area contributed by atoms with E-state index in [0.717, 1.165) is 6.92 Å². The summed E-state index contributed by atoms with van der Waals surface area (Å²) in [6.45, 7) is 0.855. The summed E-state index contributed by atoms with van der Waals surface area (Å²) in [4.78, 5) is 0. The summed E-state index contributed by atoms with van der Waals surface area (Å²) in [5.74, 6) is -11.0. The second-order valence-corrected chi connectivity index (χ2v) is 4.38. The van der Waals surface area contributed by atoms with Crippen LogP contribution in [0.2, 0.25) is 0 Å². The van der Waals surface area contributed by atoms with Crippen LogP contribution in [0, 0.1) is 47.6 Å². The number of benzene rings is 2. The monoisotopic (exact) mass is 306 g/mol. The van der Waals surface area contributed by atoms with Gasteiger partial charge in [-0.05, 0) is 17.8 Å². The van der Waals surface area contributed by atoms with Gasteiger partial charge in [0.25, 0.3) is 0 Å². The molecule has 0 saturated carbocycles. The van der Waals surface area contributed by atoms with E-state index in [9.17, 15) is 30.7 Å². The zero-order valence-electron chi connectivity index (χ0n) is 10.5. The third kappa shape index (κ3) is 2.62. The van der Waals surface area contributed by atoms with Crippen molar-refractivity contribution in [2.75, 3.05) is 0 Å². The Labute approximate surface area is 115 Å². The highest BCUT2D eigenvalue weighted by molar-refractivity contribution is 6.67. The molecule has 0 radical (unpaired) electrons. The van der Waals surface area contributed by atoms with Crippen molar-refractivity contribution in [2.24, 2.45) is 0 Å². The highest BCUT2D eigenvalue weighted by Crippen LogP contribution is 2.16. The Morgan fingerprint density at radius 3 is 1.71 bits per heavy atom. The standard InChI is InChI=1S/C13H6BF7/c1-4-10(18)9(12(20)13(21)11(4)19)14-8-6(16)2-5(15)3-7(8)17/h2-3,14H,1H3. The normalized spacial score (nSPS) is 10.9. The predicted octanol–water partition coefficient (Wildman–Crippen LogP) is 2.36. The molecule has 0 aliphatic carbocycles. The van der Waals surface area contributed by atoms with Crippen LogP contribution in [0.3, 0.4) is 0 Å². The number of hydrogen-bond acceptors (Lipinski definition) is 0. The molecule has 110 valence electrons. The van der Waals surface area contributed by atoms with Crippen LogP contribution < -0.4 is 10.9 Å². The zero-order valence-corrected chi connectivity index (χ0v) is 10.5. The van der Waals surface area contributed by atoms with Gasteiger partial charge in [-0.25, -0.2) is 30.7 Å². The maximum Gasteiger partial charge on any atom is 0.207 e. The molecule has 8 heteroatoms. The van der Waals surface area contributed by atoms with Crippen molar-refractivity contribution in [3.05, 3.63) is 58.4 Å². The molecule has 0 atom stereocenters. The van der Waals surface area contributed by atoms with Crippen LogP contribution in [-0.2, 0) is 0 Å². The van der Waals surface area contributed by atoms with E-state index in [1.807, 2.05) is 0 Å². The van der Waals surface area contributed by atoms with Gasteiger partial charge in [-0.3, -0.25) is 0 Å². The molecule has 0 saturated heterocycles. The molecule has 2 aromatic rings. The Balaban J connectivity index is 2.61. The first-order valence-electron chi connectivity index (χ1n) is 5.68. The average Bonchev–Trinajstić information content (AvgIpc) is 2.41. The van der Waals surface area contributed by atoms with Gasteiger partial charge < -0.3 is 0 Å². The van der Waals surface area contributed by atoms with E-state index in [-0.39, 0.29) is 0 Å². The van der Waals surface area contributed by atoms with Gasteiger partial charge in [-0.15, -0.1) is 0 Å². The lowest BCUT2D eigenvalue weighted by molar-refractivity contribution is 0.434. The van der Waals surface area contributed by atoms with E-state index in [1.54, 1.807) is 0 Å². The van der Waals surface area contributed by atoms with Crippen molar-refractivity contribution in [1.82, 2.24) is 0 Å². The molecule has 0 N–H and O–H groups in total. The van der Waals surface area contributed by atoms with Crippen molar-refractivity contribution >= 4 is 18.2 Å². The molecule has 0 aliphatic rings. The minimum absolute atomic E-state index is 0.320. The molecule has 0 amide bonds. The van der Waals surface area contributed by atoms with Crippen molar-refractivity contribution in [3.8, 4) is 0 Å². The Kier molecular flexibility index (Phi) is 3.98. The van der Waals surface area contributed by atoms with Crippen LogP contribution in [-0.4, -0.2) is 7.28 Å². The maximum absolute atomic E-state index is 13.8. The second kappa shape index (κ2) is 5.42. The Morgan fingerprint density at radius 2 is 1.19 bits per heavy atom. The number of rotatable bonds is 2. The van der Waals surface area contributed by atoms with Crippen LogP contribution in [0.1, 0.15) is 5.56 Å². The van der Waals surface area contributed by atoms with Gasteiger partial charge in [-0.2, -0.15) is 0 Å². The lowest BCUT2D eigenvalue weighted by atomic mass is 9.62. The molecule has 0 unspecified atom stereocenters. The SMILES string of the molecule is Cc1c(F)c(F)c(F)c(Bc2c(F)cc(F)cc2F)c1F. The summed E-state index contributed by atoms with van der Waals surface area (Å²) in [5.41, 5.74) is -2.69. The molecule has 0 aromatic heterocycles. The maximum atomic E-state index is 13.8. The smallest absolute Gasteiger partial charge is 0.207 e. The van der Waals surface area contributed by atoms with Gasteiger partial charge in [0.05, 0.1) is 0 Å². The number of hydrogen-bond donors (Lipinski definition) is 0. The lowest BCUT2D eigenvalue weighted by Gasteiger charge is -2.10. The molecule has 2 aromatic carbocycles. The van der Waals surface area contributed by atoms with Crippen molar-refractivity contribution in [3.63, 3.8) is 0 Å². The van der Waals surface area contributed by atoms with Crippen LogP contribution >= 0.6 is 0 Å². The quantitative estimate of drug-likeness (QED) is 0.346. The van der Waals surface area contributed by atoms with Crippen molar-refractivity contribution in [1.29, 1.82) is 0 Å². The fourth-order valence-electron chi connectivity index (χ4n) is 1.89. The first-order chi connectivity index (χ1) is 9.73.